The van der Waals surface area contributed by atoms with Crippen molar-refractivity contribution in [3.05, 3.63) is 52.6 Å². The van der Waals surface area contributed by atoms with Crippen LogP contribution in [0.3, 0.4) is 0 Å². The maximum Gasteiger partial charge on any atom is 0.257 e. The van der Waals surface area contributed by atoms with Crippen molar-refractivity contribution in [3.63, 3.8) is 0 Å². The number of aliphatic hydroxyl groups is 1. The molecule has 0 spiro atoms. The molecule has 1 aromatic carbocycles. The fourth-order valence-corrected chi connectivity index (χ4v) is 3.44. The molecule has 0 bridgehead atoms. The smallest absolute Gasteiger partial charge is 0.257 e. The number of benzene rings is 1. The molecule has 128 valence electrons. The molecule has 2 N–H and O–H groups in total. The molecule has 2 heterocycles. The van der Waals surface area contributed by atoms with Gasteiger partial charge in [0.25, 0.3) is 5.91 Å². The number of carbonyl (C=O) groups is 1. The molecule has 3 rings (SSSR count). The summed E-state index contributed by atoms with van der Waals surface area (Å²) in [6.07, 6.45) is 1.52. The third-order valence-corrected chi connectivity index (χ3v) is 4.73. The van der Waals surface area contributed by atoms with Crippen LogP contribution in [0, 0.1) is 19.7 Å². The van der Waals surface area contributed by atoms with E-state index in [2.05, 4.69) is 10.2 Å². The van der Waals surface area contributed by atoms with Gasteiger partial charge in [0, 0.05) is 18.3 Å². The predicted octanol–water partition coefficient (Wildman–Crippen LogP) is 2.89. The summed E-state index contributed by atoms with van der Waals surface area (Å²) in [5.41, 5.74) is 2.76. The molecule has 0 aliphatic carbocycles. The monoisotopic (exact) mass is 331 g/mol. The number of carbonyl (C=O) groups excluding carboxylic acids is 1. The molecule has 1 aliphatic heterocycles. The number of likely N-dealkylation sites (tertiary alicyclic amines) is 1. The van der Waals surface area contributed by atoms with Gasteiger partial charge in [0.15, 0.2) is 0 Å². The van der Waals surface area contributed by atoms with Crippen LogP contribution in [-0.4, -0.2) is 38.7 Å². The lowest BCUT2D eigenvalue weighted by Gasteiger charge is -2.27. The lowest BCUT2D eigenvalue weighted by Crippen LogP contribution is -2.37. The SMILES string of the molecule is Cc1n[nH]c(C)c1C(=O)N1CCCC1CC(O)c1ccc(F)cc1. The fourth-order valence-electron chi connectivity index (χ4n) is 3.44. The number of nitrogens with one attached hydrogen (secondary N) is 1. The van der Waals surface area contributed by atoms with Crippen molar-refractivity contribution in [1.82, 2.24) is 15.1 Å². The topological polar surface area (TPSA) is 69.2 Å². The largest absolute Gasteiger partial charge is 0.388 e. The number of amides is 1. The van der Waals surface area contributed by atoms with E-state index in [1.165, 1.54) is 12.1 Å². The fraction of sp³-hybridized carbons (Fsp3) is 0.444. The molecule has 1 amide bonds. The van der Waals surface area contributed by atoms with Gasteiger partial charge in [0.1, 0.15) is 5.82 Å². The van der Waals surface area contributed by atoms with Crippen LogP contribution in [0.2, 0.25) is 0 Å². The van der Waals surface area contributed by atoms with Crippen LogP contribution in [0.5, 0.6) is 0 Å². The molecule has 2 unspecified atom stereocenters. The van der Waals surface area contributed by atoms with Crippen LogP contribution in [0.4, 0.5) is 4.39 Å². The van der Waals surface area contributed by atoms with E-state index in [-0.39, 0.29) is 17.8 Å². The zero-order valence-electron chi connectivity index (χ0n) is 13.9. The minimum atomic E-state index is -0.712. The first-order valence-corrected chi connectivity index (χ1v) is 8.23. The Morgan fingerprint density at radius 1 is 1.42 bits per heavy atom. The van der Waals surface area contributed by atoms with Gasteiger partial charge in [-0.3, -0.25) is 9.89 Å². The number of halogens is 1. The highest BCUT2D eigenvalue weighted by atomic mass is 19.1. The summed E-state index contributed by atoms with van der Waals surface area (Å²) in [5.74, 6) is -0.359. The average Bonchev–Trinajstić information content (AvgIpc) is 3.14. The summed E-state index contributed by atoms with van der Waals surface area (Å²) in [6, 6.07) is 5.84. The molecule has 1 fully saturated rings. The van der Waals surface area contributed by atoms with Crippen molar-refractivity contribution in [3.8, 4) is 0 Å². The Kier molecular flexibility index (Phi) is 4.66. The second kappa shape index (κ2) is 6.73. The first-order chi connectivity index (χ1) is 11.5. The van der Waals surface area contributed by atoms with Crippen LogP contribution in [-0.2, 0) is 0 Å². The van der Waals surface area contributed by atoms with E-state index in [9.17, 15) is 14.3 Å². The molecule has 1 aromatic heterocycles. The number of aromatic nitrogens is 2. The molecule has 6 heteroatoms. The van der Waals surface area contributed by atoms with E-state index in [1.54, 1.807) is 12.1 Å². The van der Waals surface area contributed by atoms with Crippen molar-refractivity contribution in [2.24, 2.45) is 0 Å². The van der Waals surface area contributed by atoms with E-state index in [0.29, 0.717) is 29.8 Å². The van der Waals surface area contributed by atoms with Crippen molar-refractivity contribution in [1.29, 1.82) is 0 Å². The number of rotatable bonds is 4. The molecule has 24 heavy (non-hydrogen) atoms. The van der Waals surface area contributed by atoms with Gasteiger partial charge in [0.05, 0.1) is 17.4 Å². The van der Waals surface area contributed by atoms with Crippen LogP contribution in [0.25, 0.3) is 0 Å². The summed E-state index contributed by atoms with van der Waals surface area (Å²) in [7, 11) is 0. The average molecular weight is 331 g/mol. The van der Waals surface area contributed by atoms with Crippen LogP contribution < -0.4 is 0 Å². The quantitative estimate of drug-likeness (QED) is 0.905. The predicted molar refractivity (Wildman–Crippen MR) is 88.1 cm³/mol. The summed E-state index contributed by atoms with van der Waals surface area (Å²) in [6.45, 7) is 4.34. The summed E-state index contributed by atoms with van der Waals surface area (Å²) in [4.78, 5) is 14.7. The Balaban J connectivity index is 1.73. The van der Waals surface area contributed by atoms with E-state index in [0.717, 1.165) is 18.5 Å². The highest BCUT2D eigenvalue weighted by Crippen LogP contribution is 2.29. The number of H-pyrrole nitrogens is 1. The minimum absolute atomic E-state index is 0.0220. The van der Waals surface area contributed by atoms with Gasteiger partial charge in [-0.2, -0.15) is 5.10 Å². The molecule has 0 radical (unpaired) electrons. The summed E-state index contributed by atoms with van der Waals surface area (Å²) < 4.78 is 13.0. The van der Waals surface area contributed by atoms with Crippen molar-refractivity contribution in [2.75, 3.05) is 6.54 Å². The molecular weight excluding hydrogens is 309 g/mol. The van der Waals surface area contributed by atoms with Crippen LogP contribution >= 0.6 is 0 Å². The lowest BCUT2D eigenvalue weighted by molar-refractivity contribution is 0.0666. The molecule has 2 atom stereocenters. The highest BCUT2D eigenvalue weighted by Gasteiger charge is 2.33. The standard InChI is InChI=1S/C18H22FN3O2/c1-11-17(12(2)21-20-11)18(24)22-9-3-4-15(22)10-16(23)13-5-7-14(19)8-6-13/h5-8,15-16,23H,3-4,9-10H2,1-2H3,(H,20,21). The van der Waals surface area contributed by atoms with Gasteiger partial charge < -0.3 is 10.0 Å². The second-order valence-corrected chi connectivity index (χ2v) is 6.41. The van der Waals surface area contributed by atoms with Crippen molar-refractivity contribution < 1.29 is 14.3 Å². The molecule has 1 aliphatic rings. The normalized spacial score (nSPS) is 18.8. The molecule has 5 nitrogen and oxygen atoms in total. The Hall–Kier alpha value is -2.21. The van der Waals surface area contributed by atoms with Crippen molar-refractivity contribution in [2.45, 2.75) is 45.3 Å². The Morgan fingerprint density at radius 3 is 2.75 bits per heavy atom. The molecule has 1 saturated heterocycles. The van der Waals surface area contributed by atoms with Gasteiger partial charge in [-0.05, 0) is 50.8 Å². The Labute approximate surface area is 140 Å². The van der Waals surface area contributed by atoms with E-state index in [1.807, 2.05) is 18.7 Å². The van der Waals surface area contributed by atoms with Gasteiger partial charge >= 0.3 is 0 Å². The third-order valence-electron chi connectivity index (χ3n) is 4.73. The number of aliphatic hydroxyl groups excluding tert-OH is 1. The Morgan fingerprint density at radius 2 is 2.12 bits per heavy atom. The maximum absolute atomic E-state index is 13.0. The maximum atomic E-state index is 13.0. The van der Waals surface area contributed by atoms with Gasteiger partial charge in [-0.25, -0.2) is 4.39 Å². The van der Waals surface area contributed by atoms with Crippen LogP contribution in [0.15, 0.2) is 24.3 Å². The molecule has 0 saturated carbocycles. The third kappa shape index (κ3) is 3.19. The van der Waals surface area contributed by atoms with Gasteiger partial charge in [0.2, 0.25) is 0 Å². The van der Waals surface area contributed by atoms with E-state index < -0.39 is 6.10 Å². The number of nitrogens with zero attached hydrogens (tertiary/aromatic N) is 2. The zero-order valence-corrected chi connectivity index (χ0v) is 13.9. The first kappa shape index (κ1) is 16.6. The summed E-state index contributed by atoms with van der Waals surface area (Å²) in [5, 5.41) is 17.4. The van der Waals surface area contributed by atoms with E-state index in [4.69, 9.17) is 0 Å². The number of aromatic amines is 1. The number of hydrogen-bond acceptors (Lipinski definition) is 3. The first-order valence-electron chi connectivity index (χ1n) is 8.23. The van der Waals surface area contributed by atoms with Crippen molar-refractivity contribution >= 4 is 5.91 Å². The van der Waals surface area contributed by atoms with Crippen LogP contribution in [0.1, 0.15) is 52.7 Å². The van der Waals surface area contributed by atoms with E-state index >= 15 is 0 Å². The molecule has 2 aromatic rings. The lowest BCUT2D eigenvalue weighted by atomic mass is 10.00. The number of hydrogen-bond donors (Lipinski definition) is 2. The zero-order chi connectivity index (χ0) is 17.3. The Bertz CT molecular complexity index is 707. The second-order valence-electron chi connectivity index (χ2n) is 6.41. The number of aryl methyl sites for hydroxylation is 2. The van der Waals surface area contributed by atoms with Gasteiger partial charge in [-0.1, -0.05) is 12.1 Å². The molecular formula is C18H22FN3O2. The minimum Gasteiger partial charge on any atom is -0.388 e. The summed E-state index contributed by atoms with van der Waals surface area (Å²) >= 11 is 0. The highest BCUT2D eigenvalue weighted by molar-refractivity contribution is 5.96. The van der Waals surface area contributed by atoms with Gasteiger partial charge in [-0.15, -0.1) is 0 Å².